The van der Waals surface area contributed by atoms with E-state index in [-0.39, 0.29) is 11.7 Å². The fourth-order valence-electron chi connectivity index (χ4n) is 0.711. The summed E-state index contributed by atoms with van der Waals surface area (Å²) in [4.78, 5) is 0. The molecule has 0 saturated heterocycles. The molecule has 0 amide bonds. The van der Waals surface area contributed by atoms with Crippen molar-refractivity contribution in [1.29, 1.82) is 0 Å². The predicted molar refractivity (Wildman–Crippen MR) is 47.5 cm³/mol. The summed E-state index contributed by atoms with van der Waals surface area (Å²) in [5, 5.41) is 0.0339. The molecule has 0 aliphatic carbocycles. The Bertz CT molecular complexity index is 138. The molecule has 0 aromatic heterocycles. The van der Waals surface area contributed by atoms with Crippen molar-refractivity contribution in [1.82, 2.24) is 0 Å². The summed E-state index contributed by atoms with van der Waals surface area (Å²) < 4.78 is 36.8. The van der Waals surface area contributed by atoms with Crippen molar-refractivity contribution < 1.29 is 13.2 Å². The smallest absolute Gasteiger partial charge is 0.176 e. The van der Waals surface area contributed by atoms with Crippen LogP contribution in [0, 0.1) is 5.41 Å². The molecule has 0 spiro atoms. The van der Waals surface area contributed by atoms with Crippen molar-refractivity contribution in [3.05, 3.63) is 0 Å². The molecular formula is C8H15F3S. The van der Waals surface area contributed by atoms with E-state index in [9.17, 15) is 13.2 Å². The lowest BCUT2D eigenvalue weighted by Crippen LogP contribution is -2.32. The van der Waals surface area contributed by atoms with E-state index in [1.165, 1.54) is 13.8 Å². The molecule has 0 N–H and O–H groups in total. The van der Waals surface area contributed by atoms with Gasteiger partial charge in [-0.1, -0.05) is 20.8 Å². The van der Waals surface area contributed by atoms with Crippen LogP contribution in [0.5, 0.6) is 0 Å². The Morgan fingerprint density at radius 1 is 1.25 bits per heavy atom. The number of hydrogen-bond donors (Lipinski definition) is 1. The van der Waals surface area contributed by atoms with Gasteiger partial charge in [-0.15, -0.1) is 0 Å². The standard InChI is InChI=1S/C8H15F3S/c1-6(12)4-5-7(2,3)8(9,10)11/h6,12H,4-5H2,1-3H3. The highest BCUT2D eigenvalue weighted by molar-refractivity contribution is 7.80. The Morgan fingerprint density at radius 3 is 1.92 bits per heavy atom. The van der Waals surface area contributed by atoms with Crippen LogP contribution in [0.3, 0.4) is 0 Å². The highest BCUT2D eigenvalue weighted by atomic mass is 32.1. The minimum Gasteiger partial charge on any atom is -0.176 e. The first kappa shape index (κ1) is 12.1. The third-order valence-electron chi connectivity index (χ3n) is 1.95. The molecule has 0 radical (unpaired) electrons. The van der Waals surface area contributed by atoms with Gasteiger partial charge in [0.1, 0.15) is 0 Å². The van der Waals surface area contributed by atoms with E-state index in [0.29, 0.717) is 6.42 Å². The lowest BCUT2D eigenvalue weighted by molar-refractivity contribution is -0.213. The molecule has 0 heterocycles. The molecule has 0 aromatic carbocycles. The Balaban J connectivity index is 4.05. The van der Waals surface area contributed by atoms with E-state index in [2.05, 4.69) is 12.6 Å². The van der Waals surface area contributed by atoms with Gasteiger partial charge >= 0.3 is 6.18 Å². The fourth-order valence-corrected chi connectivity index (χ4v) is 0.841. The minimum atomic E-state index is -4.10. The zero-order valence-corrected chi connectivity index (χ0v) is 8.47. The molecule has 12 heavy (non-hydrogen) atoms. The zero-order chi connectivity index (χ0) is 9.99. The molecule has 0 rings (SSSR count). The van der Waals surface area contributed by atoms with Gasteiger partial charge in [0.05, 0.1) is 5.41 Å². The quantitative estimate of drug-likeness (QED) is 0.660. The first-order chi connectivity index (χ1) is 5.17. The van der Waals surface area contributed by atoms with Gasteiger partial charge in [0, 0.05) is 0 Å². The molecule has 0 nitrogen and oxygen atoms in total. The Hall–Kier alpha value is 0.140. The third kappa shape index (κ3) is 3.70. The van der Waals surface area contributed by atoms with Crippen molar-refractivity contribution in [2.75, 3.05) is 0 Å². The molecule has 0 fully saturated rings. The van der Waals surface area contributed by atoms with Gasteiger partial charge in [-0.2, -0.15) is 25.8 Å². The third-order valence-corrected chi connectivity index (χ3v) is 2.21. The lowest BCUT2D eigenvalue weighted by atomic mass is 9.86. The maximum absolute atomic E-state index is 12.3. The van der Waals surface area contributed by atoms with E-state index in [0.717, 1.165) is 0 Å². The average molecular weight is 200 g/mol. The molecule has 1 atom stereocenters. The molecule has 4 heteroatoms. The maximum Gasteiger partial charge on any atom is 0.393 e. The molecule has 74 valence electrons. The van der Waals surface area contributed by atoms with Crippen LogP contribution in [-0.2, 0) is 0 Å². The van der Waals surface area contributed by atoms with Crippen LogP contribution in [0.25, 0.3) is 0 Å². The highest BCUT2D eigenvalue weighted by Gasteiger charge is 2.46. The van der Waals surface area contributed by atoms with Gasteiger partial charge in [-0.05, 0) is 18.1 Å². The van der Waals surface area contributed by atoms with Crippen molar-refractivity contribution in [3.8, 4) is 0 Å². The summed E-state index contributed by atoms with van der Waals surface area (Å²) in [6.07, 6.45) is -3.47. The molecular weight excluding hydrogens is 185 g/mol. The molecule has 0 aliphatic rings. The van der Waals surface area contributed by atoms with E-state index >= 15 is 0 Å². The second-order valence-corrected chi connectivity index (χ2v) is 4.65. The maximum atomic E-state index is 12.3. The minimum absolute atomic E-state index is 0.0339. The summed E-state index contributed by atoms with van der Waals surface area (Å²) in [6.45, 7) is 4.25. The average Bonchev–Trinajstić information content (AvgIpc) is 1.81. The van der Waals surface area contributed by atoms with Gasteiger partial charge in [0.15, 0.2) is 0 Å². The molecule has 0 aromatic rings. The fraction of sp³-hybridized carbons (Fsp3) is 1.00. The van der Waals surface area contributed by atoms with Crippen molar-refractivity contribution >= 4 is 12.6 Å². The van der Waals surface area contributed by atoms with Gasteiger partial charge in [0.2, 0.25) is 0 Å². The van der Waals surface area contributed by atoms with Crippen LogP contribution in [0.1, 0.15) is 33.6 Å². The normalized spacial score (nSPS) is 16.2. The number of alkyl halides is 3. The molecule has 0 bridgehead atoms. The SMILES string of the molecule is CC(S)CCC(C)(C)C(F)(F)F. The van der Waals surface area contributed by atoms with E-state index < -0.39 is 11.6 Å². The van der Waals surface area contributed by atoms with Crippen molar-refractivity contribution in [2.24, 2.45) is 5.41 Å². The summed E-state index contributed by atoms with van der Waals surface area (Å²) in [7, 11) is 0. The predicted octanol–water partition coefficient (Wildman–Crippen LogP) is 3.67. The van der Waals surface area contributed by atoms with Crippen molar-refractivity contribution in [2.45, 2.75) is 45.0 Å². The van der Waals surface area contributed by atoms with Crippen LogP contribution < -0.4 is 0 Å². The van der Waals surface area contributed by atoms with Crippen LogP contribution in [0.2, 0.25) is 0 Å². The summed E-state index contributed by atoms with van der Waals surface area (Å²) in [5.74, 6) is 0. The van der Waals surface area contributed by atoms with Crippen LogP contribution in [0.4, 0.5) is 13.2 Å². The van der Waals surface area contributed by atoms with Gasteiger partial charge in [-0.25, -0.2) is 0 Å². The Morgan fingerprint density at radius 2 is 1.67 bits per heavy atom. The van der Waals surface area contributed by atoms with E-state index in [1.807, 2.05) is 0 Å². The van der Waals surface area contributed by atoms with Crippen LogP contribution in [0.15, 0.2) is 0 Å². The lowest BCUT2D eigenvalue weighted by Gasteiger charge is -2.28. The first-order valence-corrected chi connectivity index (χ1v) is 4.43. The largest absolute Gasteiger partial charge is 0.393 e. The van der Waals surface area contributed by atoms with Crippen molar-refractivity contribution in [3.63, 3.8) is 0 Å². The summed E-state index contributed by atoms with van der Waals surface area (Å²) in [5.41, 5.74) is -1.58. The van der Waals surface area contributed by atoms with E-state index in [4.69, 9.17) is 0 Å². The summed E-state index contributed by atoms with van der Waals surface area (Å²) in [6, 6.07) is 0. The topological polar surface area (TPSA) is 0 Å². The molecule has 1 unspecified atom stereocenters. The zero-order valence-electron chi connectivity index (χ0n) is 7.57. The Labute approximate surface area is 76.9 Å². The number of halogens is 3. The monoisotopic (exact) mass is 200 g/mol. The van der Waals surface area contributed by atoms with Gasteiger partial charge in [0.25, 0.3) is 0 Å². The van der Waals surface area contributed by atoms with Gasteiger partial charge in [-0.3, -0.25) is 0 Å². The number of thiol groups is 1. The number of hydrogen-bond acceptors (Lipinski definition) is 1. The second kappa shape index (κ2) is 3.90. The highest BCUT2D eigenvalue weighted by Crippen LogP contribution is 2.41. The molecule has 0 saturated carbocycles. The number of rotatable bonds is 3. The van der Waals surface area contributed by atoms with Gasteiger partial charge < -0.3 is 0 Å². The molecule has 0 aliphatic heterocycles. The van der Waals surface area contributed by atoms with Crippen LogP contribution >= 0.6 is 12.6 Å². The van der Waals surface area contributed by atoms with E-state index in [1.54, 1.807) is 6.92 Å². The first-order valence-electron chi connectivity index (χ1n) is 3.91. The summed E-state index contributed by atoms with van der Waals surface area (Å²) >= 11 is 4.04. The van der Waals surface area contributed by atoms with Crippen LogP contribution in [-0.4, -0.2) is 11.4 Å². The second-order valence-electron chi connectivity index (χ2n) is 3.77. The Kier molecular flexibility index (Phi) is 3.94.